The Morgan fingerprint density at radius 3 is 2.29 bits per heavy atom. The molecule has 0 aliphatic carbocycles. The molecule has 0 aliphatic rings. The fraction of sp³-hybridized carbons (Fsp3) is 0.222. The summed E-state index contributed by atoms with van der Waals surface area (Å²) in [5.41, 5.74) is 5.54. The number of para-hydroxylation sites is 1. The number of benzene rings is 2. The number of carbonyl (C=O) groups excluding carboxylic acids is 1. The van der Waals surface area contributed by atoms with Gasteiger partial charge in [0.05, 0.1) is 0 Å². The maximum Gasteiger partial charge on any atom is 0.269 e. The number of hydrazine groups is 1. The Labute approximate surface area is 147 Å². The van der Waals surface area contributed by atoms with Crippen molar-refractivity contribution < 1.29 is 9.53 Å². The first kappa shape index (κ1) is 17.7. The van der Waals surface area contributed by atoms with Crippen LogP contribution in [-0.4, -0.2) is 16.6 Å². The van der Waals surface area contributed by atoms with Gasteiger partial charge in [-0.3, -0.25) is 15.6 Å². The molecule has 2 aromatic rings. The fourth-order valence-electron chi connectivity index (χ4n) is 1.88. The van der Waals surface area contributed by atoms with Crippen LogP contribution in [-0.2, 0) is 0 Å². The summed E-state index contributed by atoms with van der Waals surface area (Å²) in [6, 6.07) is 16.3. The summed E-state index contributed by atoms with van der Waals surface area (Å²) in [5.74, 6) is 1.000. The van der Waals surface area contributed by atoms with Gasteiger partial charge in [-0.05, 0) is 63.3 Å². The van der Waals surface area contributed by atoms with E-state index in [1.807, 2.05) is 51.1 Å². The standard InChI is InChI=1S/C18H21N3O2S/c1-18(2,3)19-17(24)21-20-16(22)13-8-7-11-15(12-13)23-14-9-5-4-6-10-14/h4-12H,1-3H3,(H,20,22)(H2,19,21,24). The van der Waals surface area contributed by atoms with E-state index >= 15 is 0 Å². The lowest BCUT2D eigenvalue weighted by Crippen LogP contribution is -2.52. The van der Waals surface area contributed by atoms with Gasteiger partial charge in [0, 0.05) is 11.1 Å². The van der Waals surface area contributed by atoms with Crippen LogP contribution in [0.5, 0.6) is 11.5 Å². The predicted molar refractivity (Wildman–Crippen MR) is 99.0 cm³/mol. The minimum absolute atomic E-state index is 0.182. The zero-order chi connectivity index (χ0) is 17.6. The lowest BCUT2D eigenvalue weighted by Gasteiger charge is -2.23. The van der Waals surface area contributed by atoms with E-state index in [2.05, 4.69) is 16.2 Å². The van der Waals surface area contributed by atoms with Gasteiger partial charge in [-0.2, -0.15) is 0 Å². The van der Waals surface area contributed by atoms with Crippen molar-refractivity contribution in [2.45, 2.75) is 26.3 Å². The summed E-state index contributed by atoms with van der Waals surface area (Å²) >= 11 is 5.12. The SMILES string of the molecule is CC(C)(C)NC(=S)NNC(=O)c1cccc(Oc2ccccc2)c1. The van der Waals surface area contributed by atoms with Gasteiger partial charge in [-0.25, -0.2) is 0 Å². The minimum atomic E-state index is -0.299. The maximum atomic E-state index is 12.2. The molecule has 2 aromatic carbocycles. The molecule has 0 saturated carbocycles. The largest absolute Gasteiger partial charge is 0.457 e. The second-order valence-electron chi connectivity index (χ2n) is 6.23. The molecule has 0 aliphatic heterocycles. The Kier molecular flexibility index (Phi) is 5.76. The molecule has 24 heavy (non-hydrogen) atoms. The topological polar surface area (TPSA) is 62.4 Å². The van der Waals surface area contributed by atoms with E-state index in [1.165, 1.54) is 0 Å². The van der Waals surface area contributed by atoms with E-state index in [1.54, 1.807) is 24.3 Å². The predicted octanol–water partition coefficient (Wildman–Crippen LogP) is 3.39. The quantitative estimate of drug-likeness (QED) is 0.589. The van der Waals surface area contributed by atoms with E-state index in [0.717, 1.165) is 0 Å². The van der Waals surface area contributed by atoms with Gasteiger partial charge in [0.15, 0.2) is 5.11 Å². The molecule has 0 atom stereocenters. The molecule has 2 rings (SSSR count). The van der Waals surface area contributed by atoms with Crippen molar-refractivity contribution in [2.75, 3.05) is 0 Å². The zero-order valence-electron chi connectivity index (χ0n) is 13.9. The normalized spacial score (nSPS) is 10.6. The number of carbonyl (C=O) groups is 1. The molecular formula is C18H21N3O2S. The summed E-state index contributed by atoms with van der Waals surface area (Å²) in [4.78, 5) is 12.2. The molecule has 1 amide bonds. The highest BCUT2D eigenvalue weighted by atomic mass is 32.1. The van der Waals surface area contributed by atoms with Crippen molar-refractivity contribution in [1.82, 2.24) is 16.2 Å². The lowest BCUT2D eigenvalue weighted by molar-refractivity contribution is 0.0943. The fourth-order valence-corrected chi connectivity index (χ4v) is 2.24. The molecule has 0 spiro atoms. The lowest BCUT2D eigenvalue weighted by atomic mass is 10.1. The van der Waals surface area contributed by atoms with Crippen LogP contribution in [0.1, 0.15) is 31.1 Å². The molecule has 0 saturated heterocycles. The van der Waals surface area contributed by atoms with Crippen LogP contribution in [0.4, 0.5) is 0 Å². The van der Waals surface area contributed by atoms with Crippen molar-refractivity contribution >= 4 is 23.2 Å². The molecule has 5 nitrogen and oxygen atoms in total. The van der Waals surface area contributed by atoms with Gasteiger partial charge < -0.3 is 10.1 Å². The van der Waals surface area contributed by atoms with Crippen LogP contribution >= 0.6 is 12.2 Å². The number of hydrogen-bond donors (Lipinski definition) is 3. The van der Waals surface area contributed by atoms with E-state index in [9.17, 15) is 4.79 Å². The van der Waals surface area contributed by atoms with Gasteiger partial charge in [0.2, 0.25) is 0 Å². The van der Waals surface area contributed by atoms with Gasteiger partial charge in [0.1, 0.15) is 11.5 Å². The smallest absolute Gasteiger partial charge is 0.269 e. The average molecular weight is 343 g/mol. The summed E-state index contributed by atoms with van der Waals surface area (Å²) < 4.78 is 5.72. The third-order valence-corrected chi connectivity index (χ3v) is 3.06. The Morgan fingerprint density at radius 2 is 1.62 bits per heavy atom. The Hall–Kier alpha value is -2.60. The van der Waals surface area contributed by atoms with Crippen molar-refractivity contribution in [3.63, 3.8) is 0 Å². The first-order valence-electron chi connectivity index (χ1n) is 7.55. The number of rotatable bonds is 3. The van der Waals surface area contributed by atoms with Crippen molar-refractivity contribution in [3.8, 4) is 11.5 Å². The molecule has 126 valence electrons. The Morgan fingerprint density at radius 1 is 0.958 bits per heavy atom. The third-order valence-electron chi connectivity index (χ3n) is 2.85. The summed E-state index contributed by atoms with van der Waals surface area (Å²) in [6.07, 6.45) is 0. The summed E-state index contributed by atoms with van der Waals surface area (Å²) in [7, 11) is 0. The van der Waals surface area contributed by atoms with Crippen LogP contribution in [0.3, 0.4) is 0 Å². The highest BCUT2D eigenvalue weighted by Crippen LogP contribution is 2.21. The van der Waals surface area contributed by atoms with E-state index in [4.69, 9.17) is 17.0 Å². The number of amides is 1. The molecule has 0 aromatic heterocycles. The summed E-state index contributed by atoms with van der Waals surface area (Å²) in [5, 5.41) is 3.41. The average Bonchev–Trinajstić information content (AvgIpc) is 2.52. The Balaban J connectivity index is 1.95. The molecule has 0 fully saturated rings. The molecule has 0 heterocycles. The number of thiocarbonyl (C=S) groups is 1. The number of ether oxygens (including phenoxy) is 1. The third kappa shape index (κ3) is 5.89. The maximum absolute atomic E-state index is 12.2. The molecule has 0 unspecified atom stereocenters. The van der Waals surface area contributed by atoms with Crippen LogP contribution in [0, 0.1) is 0 Å². The van der Waals surface area contributed by atoms with Crippen LogP contribution in [0.2, 0.25) is 0 Å². The highest BCUT2D eigenvalue weighted by Gasteiger charge is 2.12. The van der Waals surface area contributed by atoms with Gasteiger partial charge in [-0.1, -0.05) is 24.3 Å². The van der Waals surface area contributed by atoms with Gasteiger partial charge >= 0.3 is 0 Å². The summed E-state index contributed by atoms with van der Waals surface area (Å²) in [6.45, 7) is 5.94. The minimum Gasteiger partial charge on any atom is -0.457 e. The van der Waals surface area contributed by atoms with E-state index in [-0.39, 0.29) is 11.4 Å². The van der Waals surface area contributed by atoms with Crippen molar-refractivity contribution in [1.29, 1.82) is 0 Å². The highest BCUT2D eigenvalue weighted by molar-refractivity contribution is 7.80. The molecule has 6 heteroatoms. The number of hydrogen-bond acceptors (Lipinski definition) is 3. The molecular weight excluding hydrogens is 322 g/mol. The first-order valence-corrected chi connectivity index (χ1v) is 7.96. The molecule has 0 radical (unpaired) electrons. The van der Waals surface area contributed by atoms with E-state index < -0.39 is 0 Å². The van der Waals surface area contributed by atoms with Crippen LogP contribution in [0.15, 0.2) is 54.6 Å². The molecule has 3 N–H and O–H groups in total. The second kappa shape index (κ2) is 7.79. The van der Waals surface area contributed by atoms with Gasteiger partial charge in [0.25, 0.3) is 5.91 Å². The van der Waals surface area contributed by atoms with E-state index in [0.29, 0.717) is 22.2 Å². The van der Waals surface area contributed by atoms with Gasteiger partial charge in [-0.15, -0.1) is 0 Å². The zero-order valence-corrected chi connectivity index (χ0v) is 14.7. The van der Waals surface area contributed by atoms with Crippen molar-refractivity contribution in [3.05, 3.63) is 60.2 Å². The van der Waals surface area contributed by atoms with Crippen molar-refractivity contribution in [2.24, 2.45) is 0 Å². The molecule has 0 bridgehead atoms. The monoisotopic (exact) mass is 343 g/mol. The second-order valence-corrected chi connectivity index (χ2v) is 6.63. The first-order chi connectivity index (χ1) is 11.3. The Bertz CT molecular complexity index is 712. The van der Waals surface area contributed by atoms with Crippen LogP contribution < -0.4 is 20.9 Å². The number of nitrogens with one attached hydrogen (secondary N) is 3. The van der Waals surface area contributed by atoms with Crippen LogP contribution in [0.25, 0.3) is 0 Å².